The fourth-order valence-corrected chi connectivity index (χ4v) is 3.73. The first-order valence-corrected chi connectivity index (χ1v) is 9.73. The molecule has 0 saturated carbocycles. The topological polar surface area (TPSA) is 80.6 Å². The molecule has 2 aromatic rings. The molecule has 0 unspecified atom stereocenters. The average molecular weight is 383 g/mol. The molecule has 0 atom stereocenters. The second-order valence-corrected chi connectivity index (χ2v) is 7.47. The summed E-state index contributed by atoms with van der Waals surface area (Å²) in [6.07, 6.45) is 3.40. The van der Waals surface area contributed by atoms with Gasteiger partial charge < -0.3 is 14.5 Å². The Morgan fingerprint density at radius 2 is 1.82 bits per heavy atom. The van der Waals surface area contributed by atoms with Crippen molar-refractivity contribution in [3.05, 3.63) is 42.2 Å². The van der Waals surface area contributed by atoms with E-state index in [-0.39, 0.29) is 23.8 Å². The van der Waals surface area contributed by atoms with E-state index in [1.807, 2.05) is 51.0 Å². The van der Waals surface area contributed by atoms with E-state index in [4.69, 9.17) is 4.74 Å². The third-order valence-electron chi connectivity index (χ3n) is 5.53. The average Bonchev–Trinajstić information content (AvgIpc) is 3.14. The maximum atomic E-state index is 12.7. The van der Waals surface area contributed by atoms with Crippen molar-refractivity contribution in [2.75, 3.05) is 26.2 Å². The summed E-state index contributed by atoms with van der Waals surface area (Å²) < 4.78 is 7.52. The predicted octanol–water partition coefficient (Wildman–Crippen LogP) is 1.50. The number of para-hydroxylation sites is 1. The first-order valence-electron chi connectivity index (χ1n) is 9.73. The molecule has 0 spiro atoms. The second kappa shape index (κ2) is 8.00. The van der Waals surface area contributed by atoms with Crippen LogP contribution < -0.4 is 4.74 Å². The maximum Gasteiger partial charge on any atom is 0.225 e. The van der Waals surface area contributed by atoms with E-state index in [1.54, 1.807) is 6.92 Å². The van der Waals surface area contributed by atoms with Gasteiger partial charge in [-0.15, -0.1) is 5.10 Å². The van der Waals surface area contributed by atoms with Gasteiger partial charge in [-0.05, 0) is 25.0 Å². The molecule has 4 rings (SSSR count). The third-order valence-corrected chi connectivity index (χ3v) is 5.53. The number of rotatable bonds is 5. The highest BCUT2D eigenvalue weighted by atomic mass is 16.5. The van der Waals surface area contributed by atoms with Crippen molar-refractivity contribution < 1.29 is 14.3 Å². The van der Waals surface area contributed by atoms with Crippen molar-refractivity contribution in [1.29, 1.82) is 0 Å². The van der Waals surface area contributed by atoms with E-state index >= 15 is 0 Å². The summed E-state index contributed by atoms with van der Waals surface area (Å²) in [5.74, 6) is 1.12. The van der Waals surface area contributed by atoms with Crippen LogP contribution in [0.4, 0.5) is 0 Å². The molecule has 2 aliphatic rings. The van der Waals surface area contributed by atoms with Gasteiger partial charge in [-0.2, -0.15) is 0 Å². The molecular weight excluding hydrogens is 358 g/mol. The highest BCUT2D eigenvalue weighted by Crippen LogP contribution is 2.26. The van der Waals surface area contributed by atoms with Crippen LogP contribution in [0, 0.1) is 5.92 Å². The van der Waals surface area contributed by atoms with Crippen LogP contribution in [0.5, 0.6) is 5.75 Å². The lowest BCUT2D eigenvalue weighted by Crippen LogP contribution is -2.54. The number of ether oxygens (including phenoxy) is 1. The molecule has 8 nitrogen and oxygen atoms in total. The largest absolute Gasteiger partial charge is 0.487 e. The minimum absolute atomic E-state index is 0.0297. The van der Waals surface area contributed by atoms with Crippen LogP contribution in [0.25, 0.3) is 0 Å². The Labute approximate surface area is 164 Å². The third kappa shape index (κ3) is 4.00. The predicted molar refractivity (Wildman–Crippen MR) is 101 cm³/mol. The zero-order valence-corrected chi connectivity index (χ0v) is 16.0. The van der Waals surface area contributed by atoms with Gasteiger partial charge in [0.15, 0.2) is 0 Å². The van der Waals surface area contributed by atoms with E-state index in [2.05, 4.69) is 10.3 Å². The summed E-state index contributed by atoms with van der Waals surface area (Å²) in [6.45, 7) is 4.63. The van der Waals surface area contributed by atoms with Crippen LogP contribution >= 0.6 is 0 Å². The molecule has 1 aromatic carbocycles. The molecule has 0 aliphatic carbocycles. The summed E-state index contributed by atoms with van der Waals surface area (Å²) in [5, 5.41) is 8.36. The van der Waals surface area contributed by atoms with Gasteiger partial charge in [0.25, 0.3) is 0 Å². The lowest BCUT2D eigenvalue weighted by atomic mass is 9.93. The number of carbonyl (C=O) groups excluding carboxylic acids is 2. The van der Waals surface area contributed by atoms with Crippen LogP contribution in [0.2, 0.25) is 0 Å². The molecular formula is C20H25N5O3. The molecule has 28 heavy (non-hydrogen) atoms. The fraction of sp³-hybridized carbons (Fsp3) is 0.500. The zero-order valence-electron chi connectivity index (χ0n) is 16.0. The van der Waals surface area contributed by atoms with E-state index < -0.39 is 0 Å². The van der Waals surface area contributed by atoms with Crippen LogP contribution in [-0.2, 0) is 16.2 Å². The Morgan fingerprint density at radius 1 is 1.11 bits per heavy atom. The molecule has 2 saturated heterocycles. The van der Waals surface area contributed by atoms with Gasteiger partial charge in [-0.1, -0.05) is 23.4 Å². The smallest absolute Gasteiger partial charge is 0.225 e. The number of nitrogens with zero attached hydrogens (tertiary/aromatic N) is 5. The van der Waals surface area contributed by atoms with Gasteiger partial charge in [0.1, 0.15) is 18.1 Å². The number of likely N-dealkylation sites (tertiary alicyclic amines) is 2. The van der Waals surface area contributed by atoms with Crippen LogP contribution in [-0.4, -0.2) is 62.8 Å². The lowest BCUT2D eigenvalue weighted by Gasteiger charge is -2.42. The number of carbonyl (C=O) groups is 2. The normalized spacial score (nSPS) is 18.0. The summed E-state index contributed by atoms with van der Waals surface area (Å²) in [5.41, 5.74) is 0.769. The van der Waals surface area contributed by atoms with E-state index in [0.29, 0.717) is 32.8 Å². The van der Waals surface area contributed by atoms with Gasteiger partial charge >= 0.3 is 0 Å². The molecule has 0 N–H and O–H groups in total. The van der Waals surface area contributed by atoms with Crippen LogP contribution in [0.1, 0.15) is 31.5 Å². The summed E-state index contributed by atoms with van der Waals surface area (Å²) in [4.78, 5) is 27.8. The molecule has 8 heteroatoms. The Morgan fingerprint density at radius 3 is 2.50 bits per heavy atom. The SMILES string of the molecule is CC(=O)N1CCC(C(=O)N2CC(n3cc(COc4ccccc4)nn3)C2)CC1. The molecule has 2 aliphatic heterocycles. The monoisotopic (exact) mass is 383 g/mol. The fourth-order valence-electron chi connectivity index (χ4n) is 3.73. The number of hydrogen-bond donors (Lipinski definition) is 0. The van der Waals surface area contributed by atoms with E-state index in [1.165, 1.54) is 0 Å². The Hall–Kier alpha value is -2.90. The quantitative estimate of drug-likeness (QED) is 0.782. The number of aromatic nitrogens is 3. The highest BCUT2D eigenvalue weighted by molar-refractivity contribution is 5.80. The standard InChI is InChI=1S/C20H25N5O3/c1-15(26)23-9-7-16(8-10-23)20(27)24-12-18(13-24)25-11-17(21-22-25)14-28-19-5-3-2-4-6-19/h2-6,11,16,18H,7-10,12-14H2,1H3. The first-order chi connectivity index (χ1) is 13.6. The second-order valence-electron chi connectivity index (χ2n) is 7.47. The number of hydrogen-bond acceptors (Lipinski definition) is 5. The molecule has 0 bridgehead atoms. The first kappa shape index (κ1) is 18.5. The summed E-state index contributed by atoms with van der Waals surface area (Å²) in [6, 6.07) is 9.77. The van der Waals surface area contributed by atoms with E-state index in [0.717, 1.165) is 24.3 Å². The van der Waals surface area contributed by atoms with Crippen molar-refractivity contribution >= 4 is 11.8 Å². The minimum atomic E-state index is 0.0297. The molecule has 2 amide bonds. The zero-order chi connectivity index (χ0) is 19.5. The van der Waals surface area contributed by atoms with Gasteiger partial charge in [0, 0.05) is 39.0 Å². The van der Waals surface area contributed by atoms with Crippen molar-refractivity contribution in [3.63, 3.8) is 0 Å². The number of piperidine rings is 1. The lowest BCUT2D eigenvalue weighted by molar-refractivity contribution is -0.145. The highest BCUT2D eigenvalue weighted by Gasteiger charge is 2.37. The molecule has 1 aromatic heterocycles. The number of benzene rings is 1. The van der Waals surface area contributed by atoms with Crippen molar-refractivity contribution in [3.8, 4) is 5.75 Å². The van der Waals surface area contributed by atoms with E-state index in [9.17, 15) is 9.59 Å². The Balaban J connectivity index is 1.23. The summed E-state index contributed by atoms with van der Waals surface area (Å²) >= 11 is 0. The maximum absolute atomic E-state index is 12.7. The Bertz CT molecular complexity index is 823. The van der Waals surface area contributed by atoms with Crippen molar-refractivity contribution in [2.45, 2.75) is 32.4 Å². The molecule has 3 heterocycles. The minimum Gasteiger partial charge on any atom is -0.487 e. The molecule has 148 valence electrons. The van der Waals surface area contributed by atoms with Crippen molar-refractivity contribution in [1.82, 2.24) is 24.8 Å². The van der Waals surface area contributed by atoms with Gasteiger partial charge in [-0.25, -0.2) is 4.68 Å². The van der Waals surface area contributed by atoms with Crippen LogP contribution in [0.3, 0.4) is 0 Å². The Kier molecular flexibility index (Phi) is 5.27. The van der Waals surface area contributed by atoms with Gasteiger partial charge in [0.05, 0.1) is 12.2 Å². The van der Waals surface area contributed by atoms with Crippen LogP contribution in [0.15, 0.2) is 36.5 Å². The van der Waals surface area contributed by atoms with Gasteiger partial charge in [0.2, 0.25) is 11.8 Å². The summed E-state index contributed by atoms with van der Waals surface area (Å²) in [7, 11) is 0. The van der Waals surface area contributed by atoms with Gasteiger partial charge in [-0.3, -0.25) is 9.59 Å². The molecule has 0 radical (unpaired) electrons. The number of amides is 2. The molecule has 2 fully saturated rings. The van der Waals surface area contributed by atoms with Crippen molar-refractivity contribution in [2.24, 2.45) is 5.92 Å².